The third-order valence-electron chi connectivity index (χ3n) is 4.00. The van der Waals surface area contributed by atoms with Gasteiger partial charge in [-0.15, -0.1) is 0 Å². The molecule has 1 unspecified atom stereocenters. The average molecular weight is 280 g/mol. The fraction of sp³-hybridized carbons (Fsp3) is 0.833. The molecule has 0 bridgehead atoms. The zero-order valence-electron chi connectivity index (χ0n) is 13.2. The molecule has 0 aromatic heterocycles. The van der Waals surface area contributed by atoms with E-state index >= 15 is 0 Å². The lowest BCUT2D eigenvalue weighted by atomic mass is 10.1. The molecule has 0 saturated heterocycles. The third-order valence-corrected chi connectivity index (χ3v) is 4.00. The van der Waals surface area contributed by atoms with Crippen LogP contribution in [-0.4, -0.2) is 12.1 Å². The standard InChI is InChI=1S/C18H32O2/c1-2-3-4-11-14-17-15-12-9-7-5-6-8-10-13-16-18(19)20-17/h9,12,17H,2-8,10-11,13-16H2,1H3/b12-9-. The Morgan fingerprint density at radius 1 is 1.05 bits per heavy atom. The fourth-order valence-electron chi connectivity index (χ4n) is 2.70. The second-order valence-electron chi connectivity index (χ2n) is 5.97. The lowest BCUT2D eigenvalue weighted by molar-refractivity contribution is -0.149. The molecule has 1 aliphatic rings. The van der Waals surface area contributed by atoms with E-state index in [0.29, 0.717) is 6.42 Å². The number of unbranched alkanes of at least 4 members (excludes halogenated alkanes) is 3. The van der Waals surface area contributed by atoms with Crippen molar-refractivity contribution in [2.45, 2.75) is 96.5 Å². The van der Waals surface area contributed by atoms with Crippen LogP contribution < -0.4 is 0 Å². The average Bonchev–Trinajstić information content (AvgIpc) is 2.46. The molecule has 0 aromatic carbocycles. The number of allylic oxidation sites excluding steroid dienone is 1. The van der Waals surface area contributed by atoms with Crippen molar-refractivity contribution in [3.05, 3.63) is 12.2 Å². The summed E-state index contributed by atoms with van der Waals surface area (Å²) in [5.74, 6) is 0.0122. The van der Waals surface area contributed by atoms with Gasteiger partial charge < -0.3 is 4.74 Å². The van der Waals surface area contributed by atoms with Gasteiger partial charge in [0.05, 0.1) is 0 Å². The van der Waals surface area contributed by atoms with Crippen LogP contribution in [0.25, 0.3) is 0 Å². The van der Waals surface area contributed by atoms with Crippen LogP contribution in [0.4, 0.5) is 0 Å². The fourth-order valence-corrected chi connectivity index (χ4v) is 2.70. The predicted molar refractivity (Wildman–Crippen MR) is 84.7 cm³/mol. The molecule has 0 saturated carbocycles. The summed E-state index contributed by atoms with van der Waals surface area (Å²) < 4.78 is 5.65. The Hall–Kier alpha value is -0.790. The molecule has 20 heavy (non-hydrogen) atoms. The molecule has 116 valence electrons. The van der Waals surface area contributed by atoms with Crippen LogP contribution in [0, 0.1) is 0 Å². The Bertz CT molecular complexity index is 271. The first-order chi connectivity index (χ1) is 9.83. The van der Waals surface area contributed by atoms with E-state index < -0.39 is 0 Å². The Labute approximate surface area is 125 Å². The number of hydrogen-bond acceptors (Lipinski definition) is 2. The largest absolute Gasteiger partial charge is 0.462 e. The molecule has 2 nitrogen and oxygen atoms in total. The topological polar surface area (TPSA) is 26.3 Å². The Balaban J connectivity index is 2.37. The van der Waals surface area contributed by atoms with Gasteiger partial charge in [-0.1, -0.05) is 57.6 Å². The van der Waals surface area contributed by atoms with Gasteiger partial charge in [0.2, 0.25) is 0 Å². The first-order valence-corrected chi connectivity index (χ1v) is 8.67. The molecule has 0 amide bonds. The summed E-state index contributed by atoms with van der Waals surface area (Å²) in [5, 5.41) is 0. The predicted octanol–water partition coefficient (Wildman–Crippen LogP) is 5.56. The SMILES string of the molecule is CCCCCCC1C/C=C\CCCCCCCC(=O)O1. The molecule has 0 N–H and O–H groups in total. The molecule has 1 aliphatic heterocycles. The van der Waals surface area contributed by atoms with Crippen molar-refractivity contribution in [2.24, 2.45) is 0 Å². The minimum atomic E-state index is 0.0122. The Kier molecular flexibility index (Phi) is 10.3. The van der Waals surface area contributed by atoms with E-state index in [9.17, 15) is 4.79 Å². The summed E-state index contributed by atoms with van der Waals surface area (Å²) in [6.45, 7) is 2.22. The first-order valence-electron chi connectivity index (χ1n) is 8.67. The molecule has 1 atom stereocenters. The van der Waals surface area contributed by atoms with Crippen molar-refractivity contribution in [1.82, 2.24) is 0 Å². The highest BCUT2D eigenvalue weighted by Crippen LogP contribution is 2.16. The highest BCUT2D eigenvalue weighted by atomic mass is 16.5. The van der Waals surface area contributed by atoms with Crippen LogP contribution in [-0.2, 0) is 9.53 Å². The van der Waals surface area contributed by atoms with Crippen LogP contribution in [0.15, 0.2) is 12.2 Å². The number of hydrogen-bond donors (Lipinski definition) is 0. The van der Waals surface area contributed by atoms with Crippen LogP contribution in [0.1, 0.15) is 90.4 Å². The van der Waals surface area contributed by atoms with Gasteiger partial charge in [0, 0.05) is 12.8 Å². The smallest absolute Gasteiger partial charge is 0.306 e. The molecule has 0 aromatic rings. The maximum absolute atomic E-state index is 11.8. The Morgan fingerprint density at radius 2 is 1.85 bits per heavy atom. The van der Waals surface area contributed by atoms with Gasteiger partial charge in [0.25, 0.3) is 0 Å². The van der Waals surface area contributed by atoms with E-state index in [2.05, 4.69) is 19.1 Å². The van der Waals surface area contributed by atoms with Gasteiger partial charge in [-0.3, -0.25) is 4.79 Å². The maximum atomic E-state index is 11.8. The maximum Gasteiger partial charge on any atom is 0.306 e. The quantitative estimate of drug-likeness (QED) is 0.374. The van der Waals surface area contributed by atoms with Gasteiger partial charge in [-0.2, -0.15) is 0 Å². The number of ether oxygens (including phenoxy) is 1. The summed E-state index contributed by atoms with van der Waals surface area (Å²) in [5.41, 5.74) is 0. The highest BCUT2D eigenvalue weighted by Gasteiger charge is 2.13. The summed E-state index contributed by atoms with van der Waals surface area (Å²) >= 11 is 0. The second-order valence-corrected chi connectivity index (χ2v) is 5.97. The van der Waals surface area contributed by atoms with Crippen molar-refractivity contribution in [2.75, 3.05) is 0 Å². The second kappa shape index (κ2) is 12.0. The molecular formula is C18H32O2. The van der Waals surface area contributed by atoms with Crippen molar-refractivity contribution in [1.29, 1.82) is 0 Å². The minimum Gasteiger partial charge on any atom is -0.462 e. The number of carbonyl (C=O) groups is 1. The number of carbonyl (C=O) groups excluding carboxylic acids is 1. The van der Waals surface area contributed by atoms with E-state index in [4.69, 9.17) is 4.74 Å². The molecule has 0 radical (unpaired) electrons. The molecule has 2 heteroatoms. The number of rotatable bonds is 5. The van der Waals surface area contributed by atoms with E-state index in [-0.39, 0.29) is 12.1 Å². The highest BCUT2D eigenvalue weighted by molar-refractivity contribution is 5.69. The van der Waals surface area contributed by atoms with Crippen molar-refractivity contribution in [3.8, 4) is 0 Å². The third kappa shape index (κ3) is 9.17. The summed E-state index contributed by atoms with van der Waals surface area (Å²) in [6, 6.07) is 0. The lowest BCUT2D eigenvalue weighted by Crippen LogP contribution is -2.17. The van der Waals surface area contributed by atoms with Crippen LogP contribution >= 0.6 is 0 Å². The molecule has 1 heterocycles. The summed E-state index contributed by atoms with van der Waals surface area (Å²) in [4.78, 5) is 11.8. The lowest BCUT2D eigenvalue weighted by Gasteiger charge is -2.16. The molecular weight excluding hydrogens is 248 g/mol. The van der Waals surface area contributed by atoms with Gasteiger partial charge in [0.15, 0.2) is 0 Å². The molecule has 0 spiro atoms. The molecule has 1 rings (SSSR count). The number of esters is 1. The van der Waals surface area contributed by atoms with Crippen molar-refractivity contribution >= 4 is 5.97 Å². The monoisotopic (exact) mass is 280 g/mol. The van der Waals surface area contributed by atoms with E-state index in [1.54, 1.807) is 0 Å². The van der Waals surface area contributed by atoms with Crippen LogP contribution in [0.5, 0.6) is 0 Å². The van der Waals surface area contributed by atoms with Crippen LogP contribution in [0.3, 0.4) is 0 Å². The minimum absolute atomic E-state index is 0.0122. The Morgan fingerprint density at radius 3 is 2.70 bits per heavy atom. The zero-order valence-corrected chi connectivity index (χ0v) is 13.2. The van der Waals surface area contributed by atoms with E-state index in [0.717, 1.165) is 19.3 Å². The van der Waals surface area contributed by atoms with Crippen molar-refractivity contribution in [3.63, 3.8) is 0 Å². The van der Waals surface area contributed by atoms with Gasteiger partial charge >= 0.3 is 5.97 Å². The van der Waals surface area contributed by atoms with Crippen molar-refractivity contribution < 1.29 is 9.53 Å². The van der Waals surface area contributed by atoms with E-state index in [1.807, 2.05) is 0 Å². The summed E-state index contributed by atoms with van der Waals surface area (Å²) in [7, 11) is 0. The van der Waals surface area contributed by atoms with Gasteiger partial charge in [-0.25, -0.2) is 0 Å². The van der Waals surface area contributed by atoms with Gasteiger partial charge in [0.1, 0.15) is 6.10 Å². The molecule has 0 fully saturated rings. The van der Waals surface area contributed by atoms with Crippen LogP contribution in [0.2, 0.25) is 0 Å². The van der Waals surface area contributed by atoms with Gasteiger partial charge in [-0.05, 0) is 32.1 Å². The summed E-state index contributed by atoms with van der Waals surface area (Å²) in [6.07, 6.45) is 19.3. The number of cyclic esters (lactones) is 1. The zero-order chi connectivity index (χ0) is 14.5. The normalized spacial score (nSPS) is 24.1. The molecule has 0 aliphatic carbocycles. The first kappa shape index (κ1) is 17.3. The van der Waals surface area contributed by atoms with E-state index in [1.165, 1.54) is 57.8 Å².